The summed E-state index contributed by atoms with van der Waals surface area (Å²) in [7, 11) is 4.56. The second-order valence-corrected chi connectivity index (χ2v) is 7.67. The van der Waals surface area contributed by atoms with Gasteiger partial charge < -0.3 is 16.0 Å². The monoisotopic (exact) mass is 465 g/mol. The van der Waals surface area contributed by atoms with Crippen molar-refractivity contribution in [2.75, 3.05) is 55.5 Å². The molecule has 0 fully saturated rings. The van der Waals surface area contributed by atoms with E-state index in [2.05, 4.69) is 30.9 Å². The number of carbonyl (C=O) groups excluding carboxylic acids is 3. The number of rotatable bonds is 12. The zero-order valence-corrected chi connectivity index (χ0v) is 20.8. The molecule has 0 unspecified atom stereocenters. The van der Waals surface area contributed by atoms with Gasteiger partial charge in [-0.25, -0.2) is 14.4 Å². The van der Waals surface area contributed by atoms with E-state index in [1.165, 1.54) is 35.8 Å². The smallest absolute Gasteiger partial charge is 0.324 e. The maximum absolute atomic E-state index is 12.5. The standard InChI is InChI=1S/C21H39N9O3/c1-7-10-13-22-19(31)28(4)16-25-17(29(5)20(32)23-14-11-8-2)27-18(26-16)30(6)21(33)24-15-12-9-3/h7-15H2,1-6H3,(H,22,31)(H,23,32)(H,24,33). The quantitative estimate of drug-likeness (QED) is 0.406. The summed E-state index contributed by atoms with van der Waals surface area (Å²) in [6.45, 7) is 7.65. The number of amides is 6. The third-order valence-corrected chi connectivity index (χ3v) is 4.83. The third-order valence-electron chi connectivity index (χ3n) is 4.83. The minimum absolute atomic E-state index is 0.0189. The average Bonchev–Trinajstić information content (AvgIpc) is 2.82. The summed E-state index contributed by atoms with van der Waals surface area (Å²) in [5.74, 6) is 0.0567. The first kappa shape index (κ1) is 27.9. The van der Waals surface area contributed by atoms with Crippen molar-refractivity contribution in [1.82, 2.24) is 30.9 Å². The summed E-state index contributed by atoms with van der Waals surface area (Å²) >= 11 is 0. The van der Waals surface area contributed by atoms with Crippen molar-refractivity contribution in [1.29, 1.82) is 0 Å². The van der Waals surface area contributed by atoms with Crippen molar-refractivity contribution in [3.8, 4) is 0 Å². The molecule has 0 bridgehead atoms. The summed E-state index contributed by atoms with van der Waals surface area (Å²) in [6, 6.07) is -1.18. The highest BCUT2D eigenvalue weighted by molar-refractivity contribution is 5.93. The molecule has 1 aromatic heterocycles. The van der Waals surface area contributed by atoms with Crippen LogP contribution in [0.3, 0.4) is 0 Å². The number of hydrogen-bond acceptors (Lipinski definition) is 6. The van der Waals surface area contributed by atoms with Gasteiger partial charge in [0.2, 0.25) is 17.8 Å². The van der Waals surface area contributed by atoms with Crippen LogP contribution in [0.1, 0.15) is 59.3 Å². The van der Waals surface area contributed by atoms with Crippen molar-refractivity contribution in [3.05, 3.63) is 0 Å². The van der Waals surface area contributed by atoms with Gasteiger partial charge in [0.1, 0.15) is 0 Å². The molecule has 6 amide bonds. The van der Waals surface area contributed by atoms with E-state index in [4.69, 9.17) is 0 Å². The molecule has 0 atom stereocenters. The van der Waals surface area contributed by atoms with Gasteiger partial charge in [-0.2, -0.15) is 15.0 Å². The lowest BCUT2D eigenvalue weighted by Gasteiger charge is -2.23. The molecular formula is C21H39N9O3. The van der Waals surface area contributed by atoms with Gasteiger partial charge in [-0.15, -0.1) is 0 Å². The number of carbonyl (C=O) groups is 3. The van der Waals surface area contributed by atoms with E-state index < -0.39 is 18.1 Å². The Morgan fingerprint density at radius 3 is 1.03 bits per heavy atom. The zero-order valence-electron chi connectivity index (χ0n) is 20.8. The molecule has 12 heteroatoms. The second kappa shape index (κ2) is 14.8. The summed E-state index contributed by atoms with van der Waals surface area (Å²) in [6.07, 6.45) is 5.36. The molecule has 0 aliphatic carbocycles. The molecule has 0 spiro atoms. The molecule has 0 aromatic carbocycles. The number of unbranched alkanes of at least 4 members (excludes halogenated alkanes) is 3. The largest absolute Gasteiger partial charge is 0.338 e. The molecule has 33 heavy (non-hydrogen) atoms. The van der Waals surface area contributed by atoms with Crippen LogP contribution in [0.5, 0.6) is 0 Å². The molecule has 1 heterocycles. The second-order valence-electron chi connectivity index (χ2n) is 7.67. The van der Waals surface area contributed by atoms with E-state index in [1.807, 2.05) is 20.8 Å². The van der Waals surface area contributed by atoms with Crippen molar-refractivity contribution in [2.45, 2.75) is 59.3 Å². The predicted octanol–water partition coefficient (Wildman–Crippen LogP) is 2.71. The van der Waals surface area contributed by atoms with Crippen molar-refractivity contribution in [3.63, 3.8) is 0 Å². The third kappa shape index (κ3) is 9.07. The lowest BCUT2D eigenvalue weighted by atomic mass is 10.3. The summed E-state index contributed by atoms with van der Waals surface area (Å²) in [5.41, 5.74) is 0. The van der Waals surface area contributed by atoms with Crippen LogP contribution in [0.2, 0.25) is 0 Å². The summed E-state index contributed by atoms with van der Waals surface area (Å²) in [5, 5.41) is 8.38. The fraction of sp³-hybridized carbons (Fsp3) is 0.714. The van der Waals surface area contributed by atoms with Crippen LogP contribution >= 0.6 is 0 Å². The van der Waals surface area contributed by atoms with E-state index in [0.29, 0.717) is 19.6 Å². The van der Waals surface area contributed by atoms with Crippen LogP contribution in [0.25, 0.3) is 0 Å². The number of aromatic nitrogens is 3. The minimum Gasteiger partial charge on any atom is -0.338 e. The summed E-state index contributed by atoms with van der Waals surface area (Å²) < 4.78 is 0. The Kier molecular flexibility index (Phi) is 12.5. The molecule has 1 rings (SSSR count). The van der Waals surface area contributed by atoms with E-state index >= 15 is 0 Å². The molecule has 0 aliphatic heterocycles. The van der Waals surface area contributed by atoms with Crippen LogP contribution in [-0.4, -0.2) is 73.8 Å². The van der Waals surface area contributed by atoms with Gasteiger partial charge in [-0.3, -0.25) is 14.7 Å². The molecular weight excluding hydrogens is 426 g/mol. The molecule has 0 aliphatic rings. The number of anilines is 3. The van der Waals surface area contributed by atoms with Gasteiger partial charge in [0.25, 0.3) is 0 Å². The molecule has 12 nitrogen and oxygen atoms in total. The average molecular weight is 466 g/mol. The van der Waals surface area contributed by atoms with Gasteiger partial charge in [-0.1, -0.05) is 40.0 Å². The Hall–Kier alpha value is -3.18. The Balaban J connectivity index is 3.19. The van der Waals surface area contributed by atoms with Gasteiger partial charge in [-0.05, 0) is 19.3 Å². The van der Waals surface area contributed by atoms with Crippen LogP contribution in [0, 0.1) is 0 Å². The normalized spacial score (nSPS) is 10.4. The lowest BCUT2D eigenvalue weighted by Crippen LogP contribution is -2.42. The highest BCUT2D eigenvalue weighted by Crippen LogP contribution is 2.18. The van der Waals surface area contributed by atoms with Crippen molar-refractivity contribution in [2.24, 2.45) is 0 Å². The topological polar surface area (TPSA) is 136 Å². The molecule has 186 valence electrons. The van der Waals surface area contributed by atoms with E-state index in [-0.39, 0.29) is 17.8 Å². The maximum Gasteiger partial charge on any atom is 0.324 e. The first-order chi connectivity index (χ1) is 15.8. The molecule has 0 saturated heterocycles. The molecule has 3 N–H and O–H groups in total. The Labute approximate surface area is 196 Å². The molecule has 1 aromatic rings. The maximum atomic E-state index is 12.5. The highest BCUT2D eigenvalue weighted by Gasteiger charge is 2.23. The summed E-state index contributed by atoms with van der Waals surface area (Å²) in [4.78, 5) is 54.2. The Morgan fingerprint density at radius 2 is 0.818 bits per heavy atom. The highest BCUT2D eigenvalue weighted by atomic mass is 16.2. The zero-order chi connectivity index (χ0) is 24.8. The molecule has 0 radical (unpaired) electrons. The number of urea groups is 3. The van der Waals surface area contributed by atoms with Gasteiger partial charge in [0.15, 0.2) is 0 Å². The Bertz CT molecular complexity index is 663. The van der Waals surface area contributed by atoms with E-state index in [1.54, 1.807) is 0 Å². The van der Waals surface area contributed by atoms with Crippen LogP contribution in [-0.2, 0) is 0 Å². The van der Waals surface area contributed by atoms with Crippen LogP contribution in [0.4, 0.5) is 32.2 Å². The lowest BCUT2D eigenvalue weighted by molar-refractivity contribution is 0.246. The van der Waals surface area contributed by atoms with Gasteiger partial charge >= 0.3 is 18.1 Å². The van der Waals surface area contributed by atoms with Crippen LogP contribution < -0.4 is 30.7 Å². The number of nitrogens with one attached hydrogen (secondary N) is 3. The van der Waals surface area contributed by atoms with E-state index in [0.717, 1.165) is 38.5 Å². The predicted molar refractivity (Wildman–Crippen MR) is 130 cm³/mol. The fourth-order valence-corrected chi connectivity index (χ4v) is 2.54. The van der Waals surface area contributed by atoms with Gasteiger partial charge in [0, 0.05) is 40.8 Å². The fourth-order valence-electron chi connectivity index (χ4n) is 2.54. The first-order valence-corrected chi connectivity index (χ1v) is 11.6. The first-order valence-electron chi connectivity index (χ1n) is 11.6. The Morgan fingerprint density at radius 1 is 0.576 bits per heavy atom. The molecule has 0 saturated carbocycles. The van der Waals surface area contributed by atoms with Crippen molar-refractivity contribution < 1.29 is 14.4 Å². The SMILES string of the molecule is CCCCNC(=O)N(C)c1nc(N(C)C(=O)NCCCC)nc(N(C)C(=O)NCCCC)n1. The number of hydrogen-bond donors (Lipinski definition) is 3. The number of nitrogens with zero attached hydrogens (tertiary/aromatic N) is 6. The minimum atomic E-state index is -0.392. The van der Waals surface area contributed by atoms with E-state index in [9.17, 15) is 14.4 Å². The van der Waals surface area contributed by atoms with Gasteiger partial charge in [0.05, 0.1) is 0 Å². The van der Waals surface area contributed by atoms with Crippen molar-refractivity contribution >= 4 is 35.9 Å². The van der Waals surface area contributed by atoms with Crippen LogP contribution in [0.15, 0.2) is 0 Å².